The van der Waals surface area contributed by atoms with Crippen LogP contribution in [0, 0.1) is 0 Å². The van der Waals surface area contributed by atoms with Gasteiger partial charge in [-0.3, -0.25) is 9.52 Å². The van der Waals surface area contributed by atoms with Crippen molar-refractivity contribution in [2.24, 2.45) is 0 Å². The van der Waals surface area contributed by atoms with Gasteiger partial charge in [0.2, 0.25) is 10.0 Å². The average Bonchev–Trinajstić information content (AvgIpc) is 2.75. The van der Waals surface area contributed by atoms with Gasteiger partial charge in [0.15, 0.2) is 0 Å². The molecular weight excluding hydrogens is 404 g/mol. The summed E-state index contributed by atoms with van der Waals surface area (Å²) < 4.78 is 38.4. The Hall–Kier alpha value is -3.52. The number of hydrogen-bond acceptors (Lipinski definition) is 5. The Kier molecular flexibility index (Phi) is 6.58. The number of rotatable bonds is 8. The monoisotopic (exact) mass is 426 g/mol. The molecule has 2 N–H and O–H groups in total. The largest absolute Gasteiger partial charge is 0.494 e. The van der Waals surface area contributed by atoms with Crippen LogP contribution < -0.4 is 19.5 Å². The molecular formula is C22H22N2O5S. The predicted molar refractivity (Wildman–Crippen MR) is 117 cm³/mol. The van der Waals surface area contributed by atoms with Crippen molar-refractivity contribution >= 4 is 27.3 Å². The first-order valence-electron chi connectivity index (χ1n) is 9.08. The molecule has 8 heteroatoms. The smallest absolute Gasteiger partial charge is 0.255 e. The van der Waals surface area contributed by atoms with E-state index >= 15 is 0 Å². The summed E-state index contributed by atoms with van der Waals surface area (Å²) in [7, 11) is -0.848. The van der Waals surface area contributed by atoms with Crippen LogP contribution in [-0.2, 0) is 15.8 Å². The van der Waals surface area contributed by atoms with Crippen LogP contribution in [0.1, 0.15) is 15.9 Å². The highest BCUT2D eigenvalue weighted by atomic mass is 32.2. The summed E-state index contributed by atoms with van der Waals surface area (Å²) in [6, 6.07) is 20.5. The summed E-state index contributed by atoms with van der Waals surface area (Å²) >= 11 is 0. The standard InChI is InChI=1S/C22H22N2O5S/c1-28-20-14-19(24-30(26,27)15-16-9-5-3-6-10-16)21(29-2)13-18(20)23-22(25)17-11-7-4-8-12-17/h3-14,24H,15H2,1-2H3,(H,23,25). The Morgan fingerprint density at radius 2 is 1.37 bits per heavy atom. The summed E-state index contributed by atoms with van der Waals surface area (Å²) in [5.41, 5.74) is 1.70. The summed E-state index contributed by atoms with van der Waals surface area (Å²) in [5, 5.41) is 2.76. The maximum absolute atomic E-state index is 12.6. The minimum atomic E-state index is -3.70. The molecule has 0 aliphatic heterocycles. The molecule has 0 fully saturated rings. The molecule has 0 aliphatic carbocycles. The summed E-state index contributed by atoms with van der Waals surface area (Å²) in [5.74, 6) is 0.0212. The van der Waals surface area contributed by atoms with Gasteiger partial charge in [-0.15, -0.1) is 0 Å². The SMILES string of the molecule is COc1cc(NS(=O)(=O)Cc2ccccc2)c(OC)cc1NC(=O)c1ccccc1. The van der Waals surface area contributed by atoms with E-state index in [4.69, 9.17) is 9.47 Å². The molecule has 0 aromatic heterocycles. The number of carbonyl (C=O) groups excluding carboxylic acids is 1. The average molecular weight is 426 g/mol. The zero-order chi connectivity index (χ0) is 21.6. The van der Waals surface area contributed by atoms with Crippen LogP contribution in [0.5, 0.6) is 11.5 Å². The lowest BCUT2D eigenvalue weighted by atomic mass is 10.2. The van der Waals surface area contributed by atoms with Crippen LogP contribution in [0.4, 0.5) is 11.4 Å². The highest BCUT2D eigenvalue weighted by Gasteiger charge is 2.19. The fraction of sp³-hybridized carbons (Fsp3) is 0.136. The number of hydrogen-bond donors (Lipinski definition) is 2. The van der Waals surface area contributed by atoms with Crippen molar-refractivity contribution in [3.63, 3.8) is 0 Å². The molecule has 0 unspecified atom stereocenters. The van der Waals surface area contributed by atoms with Crippen LogP contribution in [0.2, 0.25) is 0 Å². The lowest BCUT2D eigenvalue weighted by Crippen LogP contribution is -2.16. The number of sulfonamides is 1. The predicted octanol–water partition coefficient (Wildman–Crippen LogP) is 3.90. The van der Waals surface area contributed by atoms with E-state index in [-0.39, 0.29) is 28.8 Å². The van der Waals surface area contributed by atoms with Crippen LogP contribution in [-0.4, -0.2) is 28.5 Å². The van der Waals surface area contributed by atoms with E-state index in [2.05, 4.69) is 10.0 Å². The van der Waals surface area contributed by atoms with E-state index in [1.165, 1.54) is 26.4 Å². The number of benzene rings is 3. The Bertz CT molecular complexity index is 1120. The molecule has 3 rings (SSSR count). The third kappa shape index (κ3) is 5.30. The van der Waals surface area contributed by atoms with Crippen LogP contribution in [0.25, 0.3) is 0 Å². The minimum Gasteiger partial charge on any atom is -0.494 e. The highest BCUT2D eigenvalue weighted by molar-refractivity contribution is 7.91. The number of carbonyl (C=O) groups is 1. The van der Waals surface area contributed by atoms with Crippen molar-refractivity contribution in [3.05, 3.63) is 83.9 Å². The second-order valence-corrected chi connectivity index (χ2v) is 8.14. The first-order valence-corrected chi connectivity index (χ1v) is 10.7. The molecule has 156 valence electrons. The second kappa shape index (κ2) is 9.32. The van der Waals surface area contributed by atoms with Crippen molar-refractivity contribution in [1.82, 2.24) is 0 Å². The van der Waals surface area contributed by atoms with Gasteiger partial charge < -0.3 is 14.8 Å². The Morgan fingerprint density at radius 1 is 0.833 bits per heavy atom. The van der Waals surface area contributed by atoms with Gasteiger partial charge in [-0.2, -0.15) is 0 Å². The topological polar surface area (TPSA) is 93.7 Å². The second-order valence-electron chi connectivity index (χ2n) is 6.42. The van der Waals surface area contributed by atoms with Crippen LogP contribution in [0.15, 0.2) is 72.8 Å². The maximum Gasteiger partial charge on any atom is 0.255 e. The lowest BCUT2D eigenvalue weighted by Gasteiger charge is -2.17. The number of nitrogens with one attached hydrogen (secondary N) is 2. The van der Waals surface area contributed by atoms with E-state index in [0.717, 1.165) is 0 Å². The van der Waals surface area contributed by atoms with Crippen molar-refractivity contribution in [1.29, 1.82) is 0 Å². The van der Waals surface area contributed by atoms with Gasteiger partial charge in [0.25, 0.3) is 5.91 Å². The van der Waals surface area contributed by atoms with Crippen LogP contribution in [0.3, 0.4) is 0 Å². The molecule has 7 nitrogen and oxygen atoms in total. The van der Waals surface area contributed by atoms with Gasteiger partial charge in [-0.05, 0) is 17.7 Å². The normalized spacial score (nSPS) is 10.9. The molecule has 0 saturated heterocycles. The Labute approximate surface area is 175 Å². The molecule has 0 saturated carbocycles. The molecule has 1 amide bonds. The molecule has 0 spiro atoms. The number of ether oxygens (including phenoxy) is 2. The number of methoxy groups -OCH3 is 2. The van der Waals surface area contributed by atoms with Gasteiger partial charge in [0.05, 0.1) is 31.3 Å². The van der Waals surface area contributed by atoms with Crippen LogP contribution >= 0.6 is 0 Å². The Balaban J connectivity index is 1.86. The number of amides is 1. The van der Waals surface area contributed by atoms with Crippen molar-refractivity contribution in [2.45, 2.75) is 5.75 Å². The van der Waals surface area contributed by atoms with E-state index in [9.17, 15) is 13.2 Å². The third-order valence-corrected chi connectivity index (χ3v) is 5.52. The molecule has 0 radical (unpaired) electrons. The molecule has 3 aromatic rings. The molecule has 3 aromatic carbocycles. The Morgan fingerprint density at radius 3 is 1.97 bits per heavy atom. The van der Waals surface area contributed by atoms with Crippen molar-refractivity contribution in [2.75, 3.05) is 24.3 Å². The minimum absolute atomic E-state index is 0.189. The lowest BCUT2D eigenvalue weighted by molar-refractivity contribution is 0.102. The first kappa shape index (κ1) is 21.2. The third-order valence-electron chi connectivity index (χ3n) is 4.27. The van der Waals surface area contributed by atoms with E-state index in [1.54, 1.807) is 48.5 Å². The van der Waals surface area contributed by atoms with Gasteiger partial charge in [-0.1, -0.05) is 48.5 Å². The van der Waals surface area contributed by atoms with E-state index in [1.807, 2.05) is 12.1 Å². The zero-order valence-electron chi connectivity index (χ0n) is 16.6. The van der Waals surface area contributed by atoms with E-state index in [0.29, 0.717) is 16.8 Å². The van der Waals surface area contributed by atoms with Gasteiger partial charge in [-0.25, -0.2) is 8.42 Å². The quantitative estimate of drug-likeness (QED) is 0.570. The van der Waals surface area contributed by atoms with Gasteiger partial charge in [0, 0.05) is 17.7 Å². The van der Waals surface area contributed by atoms with E-state index < -0.39 is 10.0 Å². The van der Waals surface area contributed by atoms with Crippen molar-refractivity contribution < 1.29 is 22.7 Å². The molecule has 0 aliphatic rings. The van der Waals surface area contributed by atoms with Gasteiger partial charge in [0.1, 0.15) is 11.5 Å². The molecule has 30 heavy (non-hydrogen) atoms. The fourth-order valence-electron chi connectivity index (χ4n) is 2.86. The van der Waals surface area contributed by atoms with Crippen molar-refractivity contribution in [3.8, 4) is 11.5 Å². The summed E-state index contributed by atoms with van der Waals surface area (Å²) in [6.07, 6.45) is 0. The maximum atomic E-state index is 12.6. The highest BCUT2D eigenvalue weighted by Crippen LogP contribution is 2.37. The molecule has 0 bridgehead atoms. The zero-order valence-corrected chi connectivity index (χ0v) is 17.4. The molecule has 0 heterocycles. The first-order chi connectivity index (χ1) is 14.4. The summed E-state index contributed by atoms with van der Waals surface area (Å²) in [6.45, 7) is 0. The summed E-state index contributed by atoms with van der Waals surface area (Å²) in [4.78, 5) is 12.5. The number of anilines is 2. The van der Waals surface area contributed by atoms with Gasteiger partial charge >= 0.3 is 0 Å². The molecule has 0 atom stereocenters. The fourth-order valence-corrected chi connectivity index (χ4v) is 4.05.